The standard InChI is InChI=1S/C15H21N3O/c1-18-3-2-13(17-18)14(19)16-15-7-10-4-11(8-15)6-12(5-10)9-15/h2-3,10-12H,4-9H2,1H3,(H,16,19). The predicted octanol–water partition coefficient (Wildman–Crippen LogP) is 2.12. The van der Waals surface area contributed by atoms with Gasteiger partial charge in [-0.2, -0.15) is 5.10 Å². The number of aryl methyl sites for hydroxylation is 1. The van der Waals surface area contributed by atoms with Crippen molar-refractivity contribution in [1.29, 1.82) is 0 Å². The fourth-order valence-electron chi connectivity index (χ4n) is 5.10. The van der Waals surface area contributed by atoms with Crippen LogP contribution in [0.25, 0.3) is 0 Å². The van der Waals surface area contributed by atoms with Crippen molar-refractivity contribution in [2.24, 2.45) is 24.8 Å². The summed E-state index contributed by atoms with van der Waals surface area (Å²) in [7, 11) is 1.85. The minimum absolute atomic E-state index is 0.0163. The minimum Gasteiger partial charge on any atom is -0.345 e. The van der Waals surface area contributed by atoms with E-state index >= 15 is 0 Å². The molecule has 0 atom stereocenters. The Morgan fingerprint density at radius 2 is 1.84 bits per heavy atom. The van der Waals surface area contributed by atoms with Crippen LogP contribution in [0, 0.1) is 17.8 Å². The van der Waals surface area contributed by atoms with Crippen LogP contribution in [0.4, 0.5) is 0 Å². The van der Waals surface area contributed by atoms with E-state index in [2.05, 4.69) is 10.4 Å². The molecule has 4 heteroatoms. The zero-order valence-corrected chi connectivity index (χ0v) is 11.4. The lowest BCUT2D eigenvalue weighted by atomic mass is 9.53. The fourth-order valence-corrected chi connectivity index (χ4v) is 5.10. The van der Waals surface area contributed by atoms with Crippen LogP contribution in [0.5, 0.6) is 0 Å². The van der Waals surface area contributed by atoms with Crippen LogP contribution in [0.15, 0.2) is 12.3 Å². The van der Waals surface area contributed by atoms with Crippen molar-refractivity contribution in [1.82, 2.24) is 15.1 Å². The lowest BCUT2D eigenvalue weighted by Crippen LogP contribution is -2.59. The third-order valence-corrected chi connectivity index (χ3v) is 5.36. The van der Waals surface area contributed by atoms with Crippen molar-refractivity contribution >= 4 is 5.91 Å². The van der Waals surface area contributed by atoms with Gasteiger partial charge in [0.15, 0.2) is 0 Å². The maximum atomic E-state index is 12.4. The zero-order valence-electron chi connectivity index (χ0n) is 11.4. The van der Waals surface area contributed by atoms with E-state index in [1.54, 1.807) is 10.7 Å². The molecule has 0 unspecified atom stereocenters. The number of carbonyl (C=O) groups excluding carboxylic acids is 1. The van der Waals surface area contributed by atoms with Crippen LogP contribution in [0.2, 0.25) is 0 Å². The van der Waals surface area contributed by atoms with Crippen LogP contribution in [-0.2, 0) is 7.05 Å². The molecular weight excluding hydrogens is 238 g/mol. The lowest BCUT2D eigenvalue weighted by Gasteiger charge is -2.56. The average Bonchev–Trinajstić information content (AvgIpc) is 2.73. The Hall–Kier alpha value is -1.32. The van der Waals surface area contributed by atoms with E-state index in [-0.39, 0.29) is 11.4 Å². The zero-order chi connectivity index (χ0) is 13.0. The third kappa shape index (κ3) is 1.88. The summed E-state index contributed by atoms with van der Waals surface area (Å²) < 4.78 is 1.69. The normalized spacial score (nSPS) is 39.5. The Morgan fingerprint density at radius 1 is 1.26 bits per heavy atom. The second-order valence-corrected chi connectivity index (χ2v) is 7.03. The highest BCUT2D eigenvalue weighted by Gasteiger charge is 2.51. The molecule has 4 bridgehead atoms. The van der Waals surface area contributed by atoms with E-state index in [1.807, 2.05) is 13.2 Å². The summed E-state index contributed by atoms with van der Waals surface area (Å²) in [6.45, 7) is 0. The van der Waals surface area contributed by atoms with Crippen LogP contribution in [-0.4, -0.2) is 21.2 Å². The van der Waals surface area contributed by atoms with Gasteiger partial charge in [-0.1, -0.05) is 0 Å². The molecule has 4 saturated carbocycles. The molecule has 4 aliphatic rings. The maximum Gasteiger partial charge on any atom is 0.272 e. The number of amides is 1. The molecule has 4 aliphatic carbocycles. The molecule has 1 amide bonds. The average molecular weight is 259 g/mol. The van der Waals surface area contributed by atoms with Gasteiger partial charge in [-0.25, -0.2) is 0 Å². The Balaban J connectivity index is 1.54. The molecule has 4 fully saturated rings. The fraction of sp³-hybridized carbons (Fsp3) is 0.733. The van der Waals surface area contributed by atoms with Gasteiger partial charge in [0, 0.05) is 18.8 Å². The second kappa shape index (κ2) is 3.84. The molecule has 102 valence electrons. The predicted molar refractivity (Wildman–Crippen MR) is 71.6 cm³/mol. The first-order valence-electron chi connectivity index (χ1n) is 7.44. The van der Waals surface area contributed by atoms with Gasteiger partial charge in [0.05, 0.1) is 0 Å². The van der Waals surface area contributed by atoms with Crippen molar-refractivity contribution in [2.45, 2.75) is 44.1 Å². The smallest absolute Gasteiger partial charge is 0.272 e. The summed E-state index contributed by atoms with van der Waals surface area (Å²) in [6, 6.07) is 1.80. The molecule has 0 aliphatic heterocycles. The summed E-state index contributed by atoms with van der Waals surface area (Å²) in [5.74, 6) is 2.59. The topological polar surface area (TPSA) is 46.9 Å². The first-order valence-corrected chi connectivity index (χ1v) is 7.44. The number of rotatable bonds is 2. The molecule has 1 aromatic rings. The van der Waals surface area contributed by atoms with E-state index in [4.69, 9.17) is 0 Å². The molecule has 4 nitrogen and oxygen atoms in total. The van der Waals surface area contributed by atoms with Crippen LogP contribution >= 0.6 is 0 Å². The van der Waals surface area contributed by atoms with Crippen molar-refractivity contribution in [3.8, 4) is 0 Å². The molecule has 1 aromatic heterocycles. The van der Waals surface area contributed by atoms with Gasteiger partial charge < -0.3 is 5.32 Å². The van der Waals surface area contributed by atoms with Gasteiger partial charge in [-0.05, 0) is 62.3 Å². The van der Waals surface area contributed by atoms with E-state index in [9.17, 15) is 4.79 Å². The quantitative estimate of drug-likeness (QED) is 0.884. The Labute approximate surface area is 113 Å². The van der Waals surface area contributed by atoms with Gasteiger partial charge >= 0.3 is 0 Å². The van der Waals surface area contributed by atoms with Crippen molar-refractivity contribution in [3.63, 3.8) is 0 Å². The van der Waals surface area contributed by atoms with E-state index in [1.165, 1.54) is 38.5 Å². The van der Waals surface area contributed by atoms with Crippen LogP contribution < -0.4 is 5.32 Å². The van der Waals surface area contributed by atoms with Gasteiger partial charge in [-0.3, -0.25) is 9.48 Å². The van der Waals surface area contributed by atoms with E-state index in [0.717, 1.165) is 17.8 Å². The largest absolute Gasteiger partial charge is 0.345 e. The molecule has 0 aromatic carbocycles. The number of hydrogen-bond acceptors (Lipinski definition) is 2. The summed E-state index contributed by atoms with van der Waals surface area (Å²) in [5, 5.41) is 7.55. The number of carbonyl (C=O) groups is 1. The van der Waals surface area contributed by atoms with Crippen LogP contribution in [0.1, 0.15) is 49.0 Å². The molecule has 0 saturated heterocycles. The van der Waals surface area contributed by atoms with E-state index < -0.39 is 0 Å². The summed E-state index contributed by atoms with van der Waals surface area (Å²) in [6.07, 6.45) is 9.61. The highest BCUT2D eigenvalue weighted by molar-refractivity contribution is 5.92. The third-order valence-electron chi connectivity index (χ3n) is 5.36. The summed E-state index contributed by atoms with van der Waals surface area (Å²) >= 11 is 0. The first-order chi connectivity index (χ1) is 9.12. The first kappa shape index (κ1) is 11.5. The molecule has 1 heterocycles. The number of nitrogens with zero attached hydrogens (tertiary/aromatic N) is 2. The summed E-state index contributed by atoms with van der Waals surface area (Å²) in [4.78, 5) is 12.4. The monoisotopic (exact) mass is 259 g/mol. The van der Waals surface area contributed by atoms with Gasteiger partial charge in [-0.15, -0.1) is 0 Å². The Kier molecular flexibility index (Phi) is 2.32. The number of hydrogen-bond donors (Lipinski definition) is 1. The number of nitrogens with one attached hydrogen (secondary N) is 1. The minimum atomic E-state index is 0.0163. The Morgan fingerprint density at radius 3 is 2.32 bits per heavy atom. The molecule has 19 heavy (non-hydrogen) atoms. The summed E-state index contributed by atoms with van der Waals surface area (Å²) in [5.41, 5.74) is 0.641. The van der Waals surface area contributed by atoms with Gasteiger partial charge in [0.2, 0.25) is 0 Å². The maximum absolute atomic E-state index is 12.4. The van der Waals surface area contributed by atoms with Crippen molar-refractivity contribution in [3.05, 3.63) is 18.0 Å². The van der Waals surface area contributed by atoms with Crippen molar-refractivity contribution in [2.75, 3.05) is 0 Å². The van der Waals surface area contributed by atoms with Gasteiger partial charge in [0.1, 0.15) is 5.69 Å². The second-order valence-electron chi connectivity index (χ2n) is 7.03. The molecule has 0 spiro atoms. The molecule has 1 N–H and O–H groups in total. The number of aromatic nitrogens is 2. The highest BCUT2D eigenvalue weighted by Crippen LogP contribution is 2.55. The SMILES string of the molecule is Cn1ccc(C(=O)NC23CC4CC(CC(C4)C2)C3)n1. The van der Waals surface area contributed by atoms with E-state index in [0.29, 0.717) is 5.69 Å². The Bertz CT molecular complexity index is 484. The van der Waals surface area contributed by atoms with Gasteiger partial charge in [0.25, 0.3) is 5.91 Å². The highest BCUT2D eigenvalue weighted by atomic mass is 16.2. The van der Waals surface area contributed by atoms with Crippen molar-refractivity contribution < 1.29 is 4.79 Å². The van der Waals surface area contributed by atoms with Crippen LogP contribution in [0.3, 0.4) is 0 Å². The molecule has 5 rings (SSSR count). The molecular formula is C15H21N3O. The molecule has 0 radical (unpaired) electrons. The lowest BCUT2D eigenvalue weighted by molar-refractivity contribution is -0.0168.